The number of carbonyl (C=O) groups excluding carboxylic acids is 1. The summed E-state index contributed by atoms with van der Waals surface area (Å²) in [6, 6.07) is 14.6. The van der Waals surface area contributed by atoms with Gasteiger partial charge in [-0.2, -0.15) is 23.7 Å². The van der Waals surface area contributed by atoms with Crippen LogP contribution in [0.5, 0.6) is 5.75 Å². The lowest BCUT2D eigenvalue weighted by Gasteiger charge is -2.45. The van der Waals surface area contributed by atoms with Crippen LogP contribution in [0, 0.1) is 22.7 Å². The second-order valence-electron chi connectivity index (χ2n) is 8.59. The Morgan fingerprint density at radius 3 is 1.74 bits per heavy atom. The fourth-order valence-electron chi connectivity index (χ4n) is 4.48. The number of alkyl halides is 6. The Balaban J connectivity index is 2.05. The summed E-state index contributed by atoms with van der Waals surface area (Å²) in [6.07, 6.45) is -10.6. The van der Waals surface area contributed by atoms with E-state index in [1.807, 2.05) is 6.07 Å². The van der Waals surface area contributed by atoms with E-state index in [0.717, 1.165) is 42.5 Å². The molecule has 1 N–H and O–H groups in total. The molecule has 7 nitrogen and oxygen atoms in total. The first-order valence-corrected chi connectivity index (χ1v) is 11.0. The van der Waals surface area contributed by atoms with Crippen LogP contribution < -0.4 is 14.5 Å². The van der Waals surface area contributed by atoms with Gasteiger partial charge in [-0.25, -0.2) is 4.79 Å². The first kappa shape index (κ1) is 27.3. The summed E-state index contributed by atoms with van der Waals surface area (Å²) >= 11 is 0. The van der Waals surface area contributed by atoms with Crippen molar-refractivity contribution in [3.63, 3.8) is 0 Å². The highest BCUT2D eigenvalue weighted by Crippen LogP contribution is 2.57. The first-order chi connectivity index (χ1) is 18.2. The molecule has 13 heteroatoms. The highest BCUT2D eigenvalue weighted by Gasteiger charge is 2.77. The van der Waals surface area contributed by atoms with E-state index < -0.39 is 41.1 Å². The highest BCUT2D eigenvalue weighted by atomic mass is 19.4. The van der Waals surface area contributed by atoms with Crippen LogP contribution in [0.2, 0.25) is 0 Å². The molecule has 39 heavy (non-hydrogen) atoms. The molecule has 0 bridgehead atoms. The van der Waals surface area contributed by atoms with E-state index in [0.29, 0.717) is 17.9 Å². The van der Waals surface area contributed by atoms with Crippen LogP contribution in [0.3, 0.4) is 0 Å². The summed E-state index contributed by atoms with van der Waals surface area (Å²) in [5.41, 5.74) is -8.07. The Kier molecular flexibility index (Phi) is 6.45. The van der Waals surface area contributed by atoms with Crippen molar-refractivity contribution in [3.05, 3.63) is 89.5 Å². The molecule has 3 aromatic rings. The minimum atomic E-state index is -5.38. The summed E-state index contributed by atoms with van der Waals surface area (Å²) in [7, 11) is 0. The standard InChI is InChI=1S/C26H16F6N4O3/c1-23(25(27,28)29)24(38,18-3-2-4-21(13-18)39-26(30,31)32)36(20-11-7-17(15-34)8-12-20)22(37)35(23)19-9-5-16(14-33)6-10-19/h2-13,38H,1H3. The van der Waals surface area contributed by atoms with Crippen LogP contribution in [0.4, 0.5) is 42.5 Å². The van der Waals surface area contributed by atoms with Gasteiger partial charge in [-0.3, -0.25) is 9.80 Å². The molecule has 1 aliphatic rings. The van der Waals surface area contributed by atoms with E-state index in [1.54, 1.807) is 6.07 Å². The SMILES string of the molecule is CC1(C(F)(F)F)N(c2ccc(C#N)cc2)C(=O)N(c2ccc(C#N)cc2)C1(O)c1cccc(OC(F)(F)F)c1. The number of carbonyl (C=O) groups is 1. The van der Waals surface area contributed by atoms with E-state index in [9.17, 15) is 23.1 Å². The minimum absolute atomic E-state index is 0.0790. The molecule has 1 aliphatic heterocycles. The number of benzene rings is 3. The van der Waals surface area contributed by atoms with E-state index in [-0.39, 0.29) is 27.4 Å². The average Bonchev–Trinajstić information content (AvgIpc) is 3.07. The molecular weight excluding hydrogens is 530 g/mol. The predicted octanol–water partition coefficient (Wildman–Crippen LogP) is 5.94. The van der Waals surface area contributed by atoms with Gasteiger partial charge in [0.15, 0.2) is 5.54 Å². The van der Waals surface area contributed by atoms with Crippen molar-refractivity contribution < 1.29 is 41.0 Å². The Hall–Kier alpha value is -4.75. The molecule has 1 heterocycles. The van der Waals surface area contributed by atoms with Crippen LogP contribution in [-0.4, -0.2) is 29.2 Å². The number of aliphatic hydroxyl groups is 1. The topological polar surface area (TPSA) is 101 Å². The lowest BCUT2D eigenvalue weighted by molar-refractivity contribution is -0.274. The number of rotatable bonds is 4. The van der Waals surface area contributed by atoms with Crippen LogP contribution in [0.1, 0.15) is 23.6 Å². The zero-order valence-corrected chi connectivity index (χ0v) is 19.7. The Labute approximate surface area is 217 Å². The first-order valence-electron chi connectivity index (χ1n) is 11.0. The van der Waals surface area contributed by atoms with Crippen molar-refractivity contribution in [3.8, 4) is 17.9 Å². The van der Waals surface area contributed by atoms with Crippen molar-refractivity contribution in [2.45, 2.75) is 30.7 Å². The summed E-state index contributed by atoms with van der Waals surface area (Å²) < 4.78 is 87.8. The number of halogens is 6. The Morgan fingerprint density at radius 1 is 0.821 bits per heavy atom. The number of anilines is 2. The van der Waals surface area contributed by atoms with Gasteiger partial charge in [0.05, 0.1) is 23.3 Å². The van der Waals surface area contributed by atoms with Gasteiger partial charge >= 0.3 is 18.6 Å². The lowest BCUT2D eigenvalue weighted by Crippen LogP contribution is -2.66. The normalized spacial score (nSPS) is 21.4. The molecule has 0 spiro atoms. The second kappa shape index (κ2) is 9.22. The Bertz CT molecular complexity index is 1490. The maximum absolute atomic E-state index is 15.1. The van der Waals surface area contributed by atoms with E-state index in [1.165, 1.54) is 24.3 Å². The van der Waals surface area contributed by atoms with Gasteiger partial charge in [-0.1, -0.05) is 12.1 Å². The molecule has 3 aromatic carbocycles. The van der Waals surface area contributed by atoms with Gasteiger partial charge in [-0.05, 0) is 67.6 Å². The highest BCUT2D eigenvalue weighted by molar-refractivity contribution is 6.09. The van der Waals surface area contributed by atoms with Gasteiger partial charge in [0.25, 0.3) is 0 Å². The molecule has 0 aliphatic carbocycles. The Morgan fingerprint density at radius 2 is 1.31 bits per heavy atom. The number of nitriles is 2. The summed E-state index contributed by atoms with van der Waals surface area (Å²) in [6.45, 7) is 0.532. The summed E-state index contributed by atoms with van der Waals surface area (Å²) in [5.74, 6) is -0.929. The van der Waals surface area contributed by atoms with E-state index in [4.69, 9.17) is 10.5 Å². The molecule has 0 radical (unpaired) electrons. The third-order valence-electron chi connectivity index (χ3n) is 6.36. The lowest BCUT2D eigenvalue weighted by atomic mass is 9.81. The van der Waals surface area contributed by atoms with Gasteiger partial charge in [0.1, 0.15) is 5.75 Å². The number of nitrogens with zero attached hydrogens (tertiary/aromatic N) is 4. The quantitative estimate of drug-likeness (QED) is 0.408. The van der Waals surface area contributed by atoms with Gasteiger partial charge in [0, 0.05) is 16.9 Å². The largest absolute Gasteiger partial charge is 0.573 e. The zero-order valence-electron chi connectivity index (χ0n) is 19.7. The van der Waals surface area contributed by atoms with Crippen molar-refractivity contribution in [2.24, 2.45) is 0 Å². The predicted molar refractivity (Wildman–Crippen MR) is 124 cm³/mol. The maximum atomic E-state index is 15.1. The van der Waals surface area contributed by atoms with Crippen molar-refractivity contribution in [2.75, 3.05) is 9.80 Å². The molecule has 0 saturated carbocycles. The fourth-order valence-corrected chi connectivity index (χ4v) is 4.48. The number of amides is 2. The molecule has 1 fully saturated rings. The zero-order chi connectivity index (χ0) is 28.8. The van der Waals surface area contributed by atoms with Gasteiger partial charge in [-0.15, -0.1) is 13.2 Å². The molecule has 200 valence electrons. The van der Waals surface area contributed by atoms with Crippen LogP contribution in [-0.2, 0) is 5.72 Å². The van der Waals surface area contributed by atoms with Crippen LogP contribution in [0.15, 0.2) is 72.8 Å². The van der Waals surface area contributed by atoms with Crippen LogP contribution in [0.25, 0.3) is 0 Å². The molecule has 2 amide bonds. The van der Waals surface area contributed by atoms with Crippen molar-refractivity contribution in [1.29, 1.82) is 10.5 Å². The van der Waals surface area contributed by atoms with Crippen molar-refractivity contribution in [1.82, 2.24) is 0 Å². The van der Waals surface area contributed by atoms with E-state index >= 15 is 13.2 Å². The molecule has 0 aromatic heterocycles. The van der Waals surface area contributed by atoms with Crippen LogP contribution >= 0.6 is 0 Å². The molecule has 2 atom stereocenters. The fraction of sp³-hybridized carbons (Fsp3) is 0.192. The van der Waals surface area contributed by atoms with Gasteiger partial charge in [0.2, 0.25) is 5.72 Å². The number of hydrogen-bond donors (Lipinski definition) is 1. The maximum Gasteiger partial charge on any atom is 0.573 e. The summed E-state index contributed by atoms with van der Waals surface area (Å²) in [4.78, 5) is 14.5. The van der Waals surface area contributed by atoms with Gasteiger partial charge < -0.3 is 9.84 Å². The number of urea groups is 1. The molecule has 1 saturated heterocycles. The monoisotopic (exact) mass is 546 g/mol. The summed E-state index contributed by atoms with van der Waals surface area (Å²) in [5, 5.41) is 30.3. The number of ether oxygens (including phenoxy) is 1. The minimum Gasteiger partial charge on any atom is -0.406 e. The third-order valence-corrected chi connectivity index (χ3v) is 6.36. The number of hydrogen-bond acceptors (Lipinski definition) is 5. The molecule has 2 unspecified atom stereocenters. The molecule has 4 rings (SSSR count). The van der Waals surface area contributed by atoms with E-state index in [2.05, 4.69) is 4.74 Å². The second-order valence-corrected chi connectivity index (χ2v) is 8.59. The average molecular weight is 546 g/mol. The smallest absolute Gasteiger partial charge is 0.406 e. The third kappa shape index (κ3) is 4.36. The van der Waals surface area contributed by atoms with Crippen molar-refractivity contribution >= 4 is 17.4 Å². The molecular formula is C26H16F6N4O3.